The SMILES string of the molecule is COc1ccc(Cl)c(C=CCS)c1. The maximum Gasteiger partial charge on any atom is 0.119 e. The van der Waals surface area contributed by atoms with Crippen LogP contribution in [0.2, 0.25) is 5.02 Å². The summed E-state index contributed by atoms with van der Waals surface area (Å²) in [5, 5.41) is 0.721. The Morgan fingerprint density at radius 1 is 1.54 bits per heavy atom. The Morgan fingerprint density at radius 3 is 2.92 bits per heavy atom. The van der Waals surface area contributed by atoms with Gasteiger partial charge in [-0.05, 0) is 23.8 Å². The van der Waals surface area contributed by atoms with Crippen molar-refractivity contribution in [3.05, 3.63) is 34.9 Å². The third-order valence-electron chi connectivity index (χ3n) is 1.61. The maximum absolute atomic E-state index is 5.96. The van der Waals surface area contributed by atoms with Gasteiger partial charge in [-0.1, -0.05) is 23.8 Å². The van der Waals surface area contributed by atoms with E-state index in [0.717, 1.165) is 16.3 Å². The van der Waals surface area contributed by atoms with Gasteiger partial charge in [0.05, 0.1) is 7.11 Å². The average Bonchev–Trinajstić information content (AvgIpc) is 2.17. The molecule has 0 fully saturated rings. The summed E-state index contributed by atoms with van der Waals surface area (Å²) in [6.07, 6.45) is 3.86. The molecule has 1 nitrogen and oxygen atoms in total. The van der Waals surface area contributed by atoms with Crippen LogP contribution in [0.25, 0.3) is 6.08 Å². The second-order valence-electron chi connectivity index (χ2n) is 2.47. The van der Waals surface area contributed by atoms with E-state index in [1.165, 1.54) is 0 Å². The van der Waals surface area contributed by atoms with E-state index in [0.29, 0.717) is 5.75 Å². The lowest BCUT2D eigenvalue weighted by Crippen LogP contribution is -1.83. The van der Waals surface area contributed by atoms with Gasteiger partial charge < -0.3 is 4.74 Å². The minimum absolute atomic E-state index is 0.702. The van der Waals surface area contributed by atoms with Crippen molar-refractivity contribution < 1.29 is 4.74 Å². The fourth-order valence-electron chi connectivity index (χ4n) is 0.956. The van der Waals surface area contributed by atoms with Crippen molar-refractivity contribution in [3.8, 4) is 5.75 Å². The molecule has 0 heterocycles. The highest BCUT2D eigenvalue weighted by Crippen LogP contribution is 2.22. The van der Waals surface area contributed by atoms with E-state index < -0.39 is 0 Å². The van der Waals surface area contributed by atoms with Gasteiger partial charge in [0.25, 0.3) is 0 Å². The third-order valence-corrected chi connectivity index (χ3v) is 2.16. The summed E-state index contributed by atoms with van der Waals surface area (Å²) >= 11 is 10.0. The second kappa shape index (κ2) is 5.20. The van der Waals surface area contributed by atoms with Crippen LogP contribution < -0.4 is 4.74 Å². The van der Waals surface area contributed by atoms with Gasteiger partial charge in [0.2, 0.25) is 0 Å². The summed E-state index contributed by atoms with van der Waals surface area (Å²) in [6, 6.07) is 5.54. The predicted molar refractivity (Wildman–Crippen MR) is 60.9 cm³/mol. The number of hydrogen-bond acceptors (Lipinski definition) is 2. The number of thiol groups is 1. The Labute approximate surface area is 88.8 Å². The van der Waals surface area contributed by atoms with Gasteiger partial charge in [0, 0.05) is 10.8 Å². The molecule has 0 bridgehead atoms. The largest absolute Gasteiger partial charge is 0.497 e. The molecular weight excluding hydrogens is 204 g/mol. The molecule has 1 aromatic rings. The molecule has 0 radical (unpaired) electrons. The van der Waals surface area contributed by atoms with Crippen LogP contribution in [0.1, 0.15) is 5.56 Å². The first kappa shape index (κ1) is 10.5. The van der Waals surface area contributed by atoms with E-state index in [-0.39, 0.29) is 0 Å². The standard InChI is InChI=1S/C10H11ClOS/c1-12-9-4-5-10(11)8(7-9)3-2-6-13/h2-5,7,13H,6H2,1H3. The Balaban J connectivity index is 2.97. The first-order chi connectivity index (χ1) is 6.27. The normalized spacial score (nSPS) is 10.7. The molecule has 0 aliphatic heterocycles. The fraction of sp³-hybridized carbons (Fsp3) is 0.200. The van der Waals surface area contributed by atoms with Crippen molar-refractivity contribution in [2.75, 3.05) is 12.9 Å². The van der Waals surface area contributed by atoms with Crippen LogP contribution in [0.15, 0.2) is 24.3 Å². The lowest BCUT2D eigenvalue weighted by molar-refractivity contribution is 0.414. The van der Waals surface area contributed by atoms with Gasteiger partial charge in [-0.3, -0.25) is 0 Å². The van der Waals surface area contributed by atoms with Gasteiger partial charge in [0.1, 0.15) is 5.75 Å². The first-order valence-corrected chi connectivity index (χ1v) is 4.90. The molecule has 0 unspecified atom stereocenters. The molecular formula is C10H11ClOS. The zero-order valence-electron chi connectivity index (χ0n) is 7.33. The highest BCUT2D eigenvalue weighted by atomic mass is 35.5. The monoisotopic (exact) mass is 214 g/mol. The lowest BCUT2D eigenvalue weighted by atomic mass is 10.2. The molecule has 1 rings (SSSR count). The smallest absolute Gasteiger partial charge is 0.119 e. The molecule has 0 saturated carbocycles. The van der Waals surface area contributed by atoms with Gasteiger partial charge >= 0.3 is 0 Å². The fourth-order valence-corrected chi connectivity index (χ4v) is 1.24. The second-order valence-corrected chi connectivity index (χ2v) is 3.24. The number of rotatable bonds is 3. The molecule has 0 saturated heterocycles. The molecule has 0 spiro atoms. The van der Waals surface area contributed by atoms with E-state index in [9.17, 15) is 0 Å². The number of benzene rings is 1. The first-order valence-electron chi connectivity index (χ1n) is 3.89. The van der Waals surface area contributed by atoms with Gasteiger partial charge in [0.15, 0.2) is 0 Å². The summed E-state index contributed by atoms with van der Waals surface area (Å²) in [7, 11) is 1.63. The van der Waals surface area contributed by atoms with Crippen molar-refractivity contribution >= 4 is 30.3 Å². The van der Waals surface area contributed by atoms with E-state index in [2.05, 4.69) is 12.6 Å². The number of halogens is 1. The van der Waals surface area contributed by atoms with Crippen LogP contribution in [-0.2, 0) is 0 Å². The minimum atomic E-state index is 0.702. The molecule has 0 N–H and O–H groups in total. The van der Waals surface area contributed by atoms with E-state index in [4.69, 9.17) is 16.3 Å². The van der Waals surface area contributed by atoms with E-state index in [1.54, 1.807) is 7.11 Å². The molecule has 13 heavy (non-hydrogen) atoms. The predicted octanol–water partition coefficient (Wildman–Crippen LogP) is 3.29. The summed E-state index contributed by atoms with van der Waals surface area (Å²) in [5.74, 6) is 1.51. The Bertz CT molecular complexity index is 310. The highest BCUT2D eigenvalue weighted by molar-refractivity contribution is 7.80. The Morgan fingerprint density at radius 2 is 2.31 bits per heavy atom. The third kappa shape index (κ3) is 2.98. The molecule has 0 aliphatic carbocycles. The molecule has 3 heteroatoms. The molecule has 70 valence electrons. The molecule has 0 aliphatic rings. The Kier molecular flexibility index (Phi) is 4.19. The Hall–Kier alpha value is -0.600. The highest BCUT2D eigenvalue weighted by Gasteiger charge is 1.97. The lowest BCUT2D eigenvalue weighted by Gasteiger charge is -2.02. The average molecular weight is 215 g/mol. The van der Waals surface area contributed by atoms with E-state index >= 15 is 0 Å². The molecule has 0 amide bonds. The van der Waals surface area contributed by atoms with Gasteiger partial charge in [-0.25, -0.2) is 0 Å². The van der Waals surface area contributed by atoms with Crippen LogP contribution in [0.5, 0.6) is 5.75 Å². The summed E-state index contributed by atoms with van der Waals surface area (Å²) in [4.78, 5) is 0. The van der Waals surface area contributed by atoms with Gasteiger partial charge in [-0.15, -0.1) is 0 Å². The summed E-state index contributed by atoms with van der Waals surface area (Å²) in [6.45, 7) is 0. The number of methoxy groups -OCH3 is 1. The number of hydrogen-bond donors (Lipinski definition) is 1. The van der Waals surface area contributed by atoms with Crippen LogP contribution in [0, 0.1) is 0 Å². The van der Waals surface area contributed by atoms with Crippen LogP contribution in [0.4, 0.5) is 0 Å². The van der Waals surface area contributed by atoms with Crippen molar-refractivity contribution in [2.24, 2.45) is 0 Å². The minimum Gasteiger partial charge on any atom is -0.497 e. The van der Waals surface area contributed by atoms with Crippen molar-refractivity contribution in [1.29, 1.82) is 0 Å². The van der Waals surface area contributed by atoms with Crippen molar-refractivity contribution in [2.45, 2.75) is 0 Å². The van der Waals surface area contributed by atoms with Crippen molar-refractivity contribution in [1.82, 2.24) is 0 Å². The van der Waals surface area contributed by atoms with Gasteiger partial charge in [-0.2, -0.15) is 12.6 Å². The quantitative estimate of drug-likeness (QED) is 0.760. The maximum atomic E-state index is 5.96. The van der Waals surface area contributed by atoms with Crippen LogP contribution in [-0.4, -0.2) is 12.9 Å². The van der Waals surface area contributed by atoms with Crippen LogP contribution in [0.3, 0.4) is 0 Å². The summed E-state index contributed by atoms with van der Waals surface area (Å²) < 4.78 is 5.08. The molecule has 0 aromatic heterocycles. The van der Waals surface area contributed by atoms with Crippen molar-refractivity contribution in [3.63, 3.8) is 0 Å². The van der Waals surface area contributed by atoms with E-state index in [1.807, 2.05) is 30.4 Å². The number of ether oxygens (including phenoxy) is 1. The van der Waals surface area contributed by atoms with Crippen LogP contribution >= 0.6 is 24.2 Å². The zero-order chi connectivity index (χ0) is 9.68. The zero-order valence-corrected chi connectivity index (χ0v) is 8.98. The molecule has 0 atom stereocenters. The summed E-state index contributed by atoms with van der Waals surface area (Å²) in [5.41, 5.74) is 0.954. The topological polar surface area (TPSA) is 9.23 Å². The molecule has 1 aromatic carbocycles.